The van der Waals surface area contributed by atoms with E-state index in [4.69, 9.17) is 18.9 Å². The van der Waals surface area contributed by atoms with Crippen molar-refractivity contribution in [3.63, 3.8) is 0 Å². The first kappa shape index (κ1) is 25.4. The van der Waals surface area contributed by atoms with Crippen LogP contribution < -0.4 is 0 Å². The minimum absolute atomic E-state index is 0.0832. The molecule has 7 heteroatoms. The Morgan fingerprint density at radius 2 is 1.34 bits per heavy atom. The van der Waals surface area contributed by atoms with E-state index in [1.54, 1.807) is 0 Å². The first-order valence-electron chi connectivity index (χ1n) is 11.6. The van der Waals surface area contributed by atoms with E-state index in [9.17, 15) is 9.90 Å². The lowest BCUT2D eigenvalue weighted by molar-refractivity contribution is -0.233. The fourth-order valence-electron chi connectivity index (χ4n) is 3.94. The van der Waals surface area contributed by atoms with E-state index in [1.807, 2.05) is 91.0 Å². The Kier molecular flexibility index (Phi) is 9.34. The average Bonchev–Trinajstić information content (AvgIpc) is 2.90. The number of aliphatic hydroxyl groups is 1. The minimum Gasteiger partial charge on any atom is -0.469 e. The molecule has 3 aromatic carbocycles. The van der Waals surface area contributed by atoms with Crippen LogP contribution in [0.1, 0.15) is 17.5 Å². The molecule has 6 nitrogen and oxygen atoms in total. The number of aliphatic hydroxyl groups excluding tert-OH is 1. The number of rotatable bonds is 10. The van der Waals surface area contributed by atoms with E-state index in [2.05, 4.69) is 0 Å². The summed E-state index contributed by atoms with van der Waals surface area (Å²) in [6, 6.07) is 29.4. The van der Waals surface area contributed by atoms with Gasteiger partial charge in [0, 0.05) is 4.90 Å². The van der Waals surface area contributed by atoms with Crippen molar-refractivity contribution >= 4 is 17.7 Å². The van der Waals surface area contributed by atoms with Crippen LogP contribution in [0.3, 0.4) is 0 Å². The Morgan fingerprint density at radius 3 is 1.89 bits per heavy atom. The third kappa shape index (κ3) is 7.16. The van der Waals surface area contributed by atoms with Crippen LogP contribution in [0.25, 0.3) is 0 Å². The van der Waals surface area contributed by atoms with Crippen LogP contribution in [0.5, 0.6) is 0 Å². The third-order valence-corrected chi connectivity index (χ3v) is 6.94. The largest absolute Gasteiger partial charge is 0.469 e. The normalized spacial score (nSPS) is 24.1. The summed E-state index contributed by atoms with van der Waals surface area (Å²) in [7, 11) is 1.32. The molecule has 0 spiro atoms. The smallest absolute Gasteiger partial charge is 0.308 e. The molecule has 1 fully saturated rings. The SMILES string of the molecule is COC(=O)CC1O[C@@H](Sc2ccccc2)C(OCc2ccccc2)[C@@H](OCc2ccccc2)[C@H]1O. The molecule has 1 aliphatic heterocycles. The molecule has 35 heavy (non-hydrogen) atoms. The molecule has 1 N–H and O–H groups in total. The van der Waals surface area contributed by atoms with Crippen molar-refractivity contribution in [2.45, 2.75) is 54.4 Å². The zero-order chi connectivity index (χ0) is 24.5. The van der Waals surface area contributed by atoms with E-state index in [1.165, 1.54) is 18.9 Å². The highest BCUT2D eigenvalue weighted by atomic mass is 32.2. The molecule has 0 bridgehead atoms. The number of thioether (sulfide) groups is 1. The number of carbonyl (C=O) groups is 1. The number of methoxy groups -OCH3 is 1. The van der Waals surface area contributed by atoms with Gasteiger partial charge in [-0.3, -0.25) is 4.79 Å². The van der Waals surface area contributed by atoms with Crippen molar-refractivity contribution in [3.8, 4) is 0 Å². The number of ether oxygens (including phenoxy) is 4. The second-order valence-corrected chi connectivity index (χ2v) is 9.44. The fourth-order valence-corrected chi connectivity index (χ4v) is 5.08. The zero-order valence-corrected chi connectivity index (χ0v) is 20.4. The summed E-state index contributed by atoms with van der Waals surface area (Å²) in [6.45, 7) is 0.627. The summed E-state index contributed by atoms with van der Waals surface area (Å²) < 4.78 is 23.7. The second kappa shape index (κ2) is 12.9. The van der Waals surface area contributed by atoms with Crippen molar-refractivity contribution in [2.24, 2.45) is 0 Å². The highest BCUT2D eigenvalue weighted by Gasteiger charge is 2.48. The molecule has 1 aliphatic rings. The van der Waals surface area contributed by atoms with Gasteiger partial charge in [0.05, 0.1) is 32.8 Å². The lowest BCUT2D eigenvalue weighted by Gasteiger charge is -2.44. The van der Waals surface area contributed by atoms with Crippen LogP contribution in [0.15, 0.2) is 95.9 Å². The molecule has 1 saturated heterocycles. The molecule has 3 aromatic rings. The third-order valence-electron chi connectivity index (χ3n) is 5.78. The maximum Gasteiger partial charge on any atom is 0.308 e. The molecular weight excluding hydrogens is 464 g/mol. The molecule has 0 amide bonds. The van der Waals surface area contributed by atoms with Gasteiger partial charge in [-0.1, -0.05) is 90.6 Å². The number of carbonyl (C=O) groups excluding carboxylic acids is 1. The topological polar surface area (TPSA) is 74.2 Å². The van der Waals surface area contributed by atoms with Gasteiger partial charge in [-0.05, 0) is 23.3 Å². The molecule has 0 radical (unpaired) electrons. The van der Waals surface area contributed by atoms with E-state index < -0.39 is 35.8 Å². The number of esters is 1. The zero-order valence-electron chi connectivity index (χ0n) is 19.6. The van der Waals surface area contributed by atoms with Crippen molar-refractivity contribution in [2.75, 3.05) is 7.11 Å². The Morgan fingerprint density at radius 1 is 0.829 bits per heavy atom. The predicted molar refractivity (Wildman–Crippen MR) is 134 cm³/mol. The van der Waals surface area contributed by atoms with Gasteiger partial charge in [-0.15, -0.1) is 0 Å². The lowest BCUT2D eigenvalue weighted by atomic mass is 9.97. The van der Waals surface area contributed by atoms with Gasteiger partial charge < -0.3 is 24.1 Å². The summed E-state index contributed by atoms with van der Waals surface area (Å²) in [5, 5.41) is 11.3. The van der Waals surface area contributed by atoms with Crippen LogP contribution >= 0.6 is 11.8 Å². The Labute approximate surface area is 210 Å². The van der Waals surface area contributed by atoms with Gasteiger partial charge in [0.25, 0.3) is 0 Å². The Balaban J connectivity index is 1.60. The molecule has 0 saturated carbocycles. The predicted octanol–water partition coefficient (Wildman–Crippen LogP) is 4.60. The fraction of sp³-hybridized carbons (Fsp3) is 0.321. The Hall–Kier alpha value is -2.68. The van der Waals surface area contributed by atoms with Crippen LogP contribution in [0, 0.1) is 0 Å². The Bertz CT molecular complexity index is 1030. The summed E-state index contributed by atoms with van der Waals surface area (Å²) in [4.78, 5) is 13.1. The second-order valence-electron chi connectivity index (χ2n) is 8.27. The average molecular weight is 495 g/mol. The van der Waals surface area contributed by atoms with Gasteiger partial charge >= 0.3 is 5.97 Å². The van der Waals surface area contributed by atoms with Gasteiger partial charge in [-0.25, -0.2) is 0 Å². The highest BCUT2D eigenvalue weighted by Crippen LogP contribution is 2.37. The lowest BCUT2D eigenvalue weighted by Crippen LogP contribution is -2.58. The summed E-state index contributed by atoms with van der Waals surface area (Å²) in [5.41, 5.74) is 1.47. The van der Waals surface area contributed by atoms with Crippen LogP contribution in [0.2, 0.25) is 0 Å². The molecule has 1 heterocycles. The van der Waals surface area contributed by atoms with E-state index in [-0.39, 0.29) is 6.42 Å². The molecule has 0 aliphatic carbocycles. The van der Waals surface area contributed by atoms with Crippen molar-refractivity contribution in [1.29, 1.82) is 0 Å². The van der Waals surface area contributed by atoms with Gasteiger partial charge in [0.15, 0.2) is 0 Å². The van der Waals surface area contributed by atoms with Crippen molar-refractivity contribution in [3.05, 3.63) is 102 Å². The summed E-state index contributed by atoms with van der Waals surface area (Å²) >= 11 is 1.48. The summed E-state index contributed by atoms with van der Waals surface area (Å²) in [6.07, 6.45) is -3.26. The van der Waals surface area contributed by atoms with E-state index in [0.29, 0.717) is 13.2 Å². The first-order valence-corrected chi connectivity index (χ1v) is 12.4. The highest BCUT2D eigenvalue weighted by molar-refractivity contribution is 7.99. The summed E-state index contributed by atoms with van der Waals surface area (Å²) in [5.74, 6) is -0.456. The van der Waals surface area contributed by atoms with Crippen LogP contribution in [-0.2, 0) is 37.0 Å². The van der Waals surface area contributed by atoms with E-state index in [0.717, 1.165) is 16.0 Å². The quantitative estimate of drug-likeness (QED) is 0.413. The van der Waals surface area contributed by atoms with Crippen LogP contribution in [-0.4, -0.2) is 48.0 Å². The molecule has 184 valence electrons. The standard InChI is InChI=1S/C28H30O6S/c1-31-24(29)17-23-25(30)26(32-18-20-11-5-2-6-12-20)27(33-19-21-13-7-3-8-14-21)28(34-23)35-22-15-9-4-10-16-22/h2-16,23,25-28,30H,17-19H2,1H3/t23?,25-,26-,27?,28-/m0/s1. The maximum atomic E-state index is 12.1. The molecule has 5 atom stereocenters. The number of hydrogen-bond acceptors (Lipinski definition) is 7. The van der Waals surface area contributed by atoms with Crippen LogP contribution in [0.4, 0.5) is 0 Å². The molecule has 2 unspecified atom stereocenters. The molecule has 0 aromatic heterocycles. The number of benzene rings is 3. The minimum atomic E-state index is -1.08. The maximum absolute atomic E-state index is 12.1. The molecular formula is C28H30O6S. The number of hydrogen-bond donors (Lipinski definition) is 1. The monoisotopic (exact) mass is 494 g/mol. The van der Waals surface area contributed by atoms with Crippen molar-refractivity contribution < 1.29 is 28.8 Å². The van der Waals surface area contributed by atoms with E-state index >= 15 is 0 Å². The van der Waals surface area contributed by atoms with Gasteiger partial charge in [-0.2, -0.15) is 0 Å². The van der Waals surface area contributed by atoms with Gasteiger partial charge in [0.2, 0.25) is 0 Å². The van der Waals surface area contributed by atoms with Gasteiger partial charge in [0.1, 0.15) is 23.7 Å². The van der Waals surface area contributed by atoms with Crippen molar-refractivity contribution in [1.82, 2.24) is 0 Å². The first-order chi connectivity index (χ1) is 17.1. The molecule has 4 rings (SSSR count).